The number of benzene rings is 2. The zero-order chi connectivity index (χ0) is 15.0. The summed E-state index contributed by atoms with van der Waals surface area (Å²) < 4.78 is 1.74. The highest BCUT2D eigenvalue weighted by atomic mass is 35.5. The lowest BCUT2D eigenvalue weighted by molar-refractivity contribution is -0.353. The molecule has 0 aliphatic heterocycles. The number of aryl methyl sites for hydroxylation is 3. The molecule has 0 bridgehead atoms. The molecule has 0 aliphatic carbocycles. The first-order valence-corrected chi connectivity index (χ1v) is 7.13. The van der Waals surface area contributed by atoms with Gasteiger partial charge in [-0.1, -0.05) is 29.8 Å². The zero-order valence-electron chi connectivity index (χ0n) is 13.0. The van der Waals surface area contributed by atoms with Crippen molar-refractivity contribution >= 4 is 10.9 Å². The maximum absolute atomic E-state index is 12.6. The number of aromatic amines is 1. The average Bonchev–Trinajstić information content (AvgIpc) is 2.45. The Kier molecular flexibility index (Phi) is 4.67. The van der Waals surface area contributed by atoms with Gasteiger partial charge >= 0.3 is 5.56 Å². The molecule has 0 radical (unpaired) electrons. The average molecular weight is 315 g/mol. The second-order valence-corrected chi connectivity index (χ2v) is 5.63. The van der Waals surface area contributed by atoms with Crippen LogP contribution in [0.25, 0.3) is 10.9 Å². The maximum atomic E-state index is 12.6. The standard InChI is InChI=1S/C18H18N2O.ClH/c1-12-8-13(2)16(14(3)9-12)10-20-11-19-17-7-5-4-6-15(17)18(20)21;/h4-9,11H,10H2,1-3H3;1H. The van der Waals surface area contributed by atoms with E-state index in [0.29, 0.717) is 6.54 Å². The molecular weight excluding hydrogens is 296 g/mol. The SMILES string of the molecule is Cc1cc(C)c(Cn2c[nH+]c3ccccc3c2=O)c(C)c1.[Cl-]. The van der Waals surface area contributed by atoms with Gasteiger partial charge in [-0.15, -0.1) is 0 Å². The molecule has 0 spiro atoms. The summed E-state index contributed by atoms with van der Waals surface area (Å²) in [6.45, 7) is 6.90. The van der Waals surface area contributed by atoms with Gasteiger partial charge < -0.3 is 12.4 Å². The predicted molar refractivity (Wildman–Crippen MR) is 84.5 cm³/mol. The Hall–Kier alpha value is -2.13. The van der Waals surface area contributed by atoms with E-state index in [1.807, 2.05) is 24.3 Å². The molecule has 3 aromatic rings. The first-order valence-electron chi connectivity index (χ1n) is 7.13. The predicted octanol–water partition coefficient (Wildman–Crippen LogP) is -0.207. The Bertz CT molecular complexity index is 861. The van der Waals surface area contributed by atoms with Gasteiger partial charge in [0.05, 0.1) is 0 Å². The normalized spacial score (nSPS) is 10.5. The summed E-state index contributed by atoms with van der Waals surface area (Å²) in [6.07, 6.45) is 1.77. The Morgan fingerprint density at radius 2 is 1.68 bits per heavy atom. The summed E-state index contributed by atoms with van der Waals surface area (Å²) >= 11 is 0. The fourth-order valence-corrected chi connectivity index (χ4v) is 2.90. The summed E-state index contributed by atoms with van der Waals surface area (Å²) in [6, 6.07) is 11.9. The Morgan fingerprint density at radius 1 is 1.05 bits per heavy atom. The number of aromatic nitrogens is 2. The van der Waals surface area contributed by atoms with Crippen molar-refractivity contribution in [2.45, 2.75) is 27.3 Å². The third-order valence-corrected chi connectivity index (χ3v) is 3.96. The summed E-state index contributed by atoms with van der Waals surface area (Å²) in [7, 11) is 0. The lowest BCUT2D eigenvalue weighted by atomic mass is 10.00. The van der Waals surface area contributed by atoms with Crippen LogP contribution in [-0.2, 0) is 6.54 Å². The van der Waals surface area contributed by atoms with Crippen LogP contribution in [0.5, 0.6) is 0 Å². The van der Waals surface area contributed by atoms with Gasteiger partial charge in [-0.05, 0) is 49.6 Å². The second-order valence-electron chi connectivity index (χ2n) is 5.63. The van der Waals surface area contributed by atoms with E-state index in [9.17, 15) is 4.79 Å². The van der Waals surface area contributed by atoms with Gasteiger partial charge in [0.15, 0.2) is 0 Å². The molecule has 0 amide bonds. The zero-order valence-corrected chi connectivity index (χ0v) is 13.7. The van der Waals surface area contributed by atoms with E-state index < -0.39 is 0 Å². The van der Waals surface area contributed by atoms with Crippen LogP contribution >= 0.6 is 0 Å². The molecule has 4 heteroatoms. The number of hydrogen-bond acceptors (Lipinski definition) is 1. The van der Waals surface area contributed by atoms with Gasteiger partial charge in [0.1, 0.15) is 17.4 Å². The van der Waals surface area contributed by atoms with Gasteiger partial charge in [0, 0.05) is 0 Å². The molecule has 3 rings (SSSR count). The summed E-state index contributed by atoms with van der Waals surface area (Å²) in [4.78, 5) is 15.8. The lowest BCUT2D eigenvalue weighted by Crippen LogP contribution is -3.00. The van der Waals surface area contributed by atoms with E-state index in [1.54, 1.807) is 10.9 Å². The molecule has 0 saturated heterocycles. The Balaban J connectivity index is 0.00000176. The van der Waals surface area contributed by atoms with E-state index in [1.165, 1.54) is 22.3 Å². The second kappa shape index (κ2) is 6.32. The molecule has 1 aromatic heterocycles. The third kappa shape index (κ3) is 2.90. The van der Waals surface area contributed by atoms with E-state index in [4.69, 9.17) is 0 Å². The highest BCUT2D eigenvalue weighted by Crippen LogP contribution is 2.17. The van der Waals surface area contributed by atoms with Crippen molar-refractivity contribution in [1.29, 1.82) is 0 Å². The summed E-state index contributed by atoms with van der Waals surface area (Å²) in [5, 5.41) is 0.724. The van der Waals surface area contributed by atoms with Crippen LogP contribution < -0.4 is 23.0 Å². The van der Waals surface area contributed by atoms with Gasteiger partial charge in [0.25, 0.3) is 0 Å². The van der Waals surface area contributed by atoms with Crippen molar-refractivity contribution in [2.24, 2.45) is 0 Å². The van der Waals surface area contributed by atoms with Gasteiger partial charge in [-0.2, -0.15) is 4.57 Å². The molecule has 0 atom stereocenters. The summed E-state index contributed by atoms with van der Waals surface area (Å²) in [5.41, 5.74) is 5.84. The molecule has 2 aromatic carbocycles. The minimum absolute atomic E-state index is 0. The fraction of sp³-hybridized carbons (Fsp3) is 0.222. The summed E-state index contributed by atoms with van der Waals surface area (Å²) in [5.74, 6) is 0. The minimum Gasteiger partial charge on any atom is -1.00 e. The van der Waals surface area contributed by atoms with Crippen LogP contribution in [-0.4, -0.2) is 4.57 Å². The van der Waals surface area contributed by atoms with Crippen molar-refractivity contribution in [3.8, 4) is 0 Å². The van der Waals surface area contributed by atoms with E-state index >= 15 is 0 Å². The van der Waals surface area contributed by atoms with Crippen LogP contribution in [0.4, 0.5) is 0 Å². The lowest BCUT2D eigenvalue weighted by Gasteiger charge is -2.10. The van der Waals surface area contributed by atoms with Crippen molar-refractivity contribution in [2.75, 3.05) is 0 Å². The Labute approximate surface area is 136 Å². The molecule has 0 saturated carbocycles. The van der Waals surface area contributed by atoms with Crippen molar-refractivity contribution < 1.29 is 17.4 Å². The van der Waals surface area contributed by atoms with Crippen molar-refractivity contribution in [1.82, 2.24) is 4.57 Å². The third-order valence-electron chi connectivity index (χ3n) is 3.96. The largest absolute Gasteiger partial charge is 1.00 e. The number of halogens is 1. The first-order chi connectivity index (χ1) is 10.1. The number of para-hydroxylation sites is 1. The van der Waals surface area contributed by atoms with Gasteiger partial charge in [-0.3, -0.25) is 0 Å². The number of nitrogens with one attached hydrogen (secondary N) is 1. The highest BCUT2D eigenvalue weighted by Gasteiger charge is 2.12. The maximum Gasteiger partial charge on any atom is 0.345 e. The quantitative estimate of drug-likeness (QED) is 0.645. The molecule has 1 heterocycles. The van der Waals surface area contributed by atoms with Crippen LogP contribution in [0, 0.1) is 20.8 Å². The smallest absolute Gasteiger partial charge is 0.345 e. The molecular formula is C18H19ClN2O. The fourth-order valence-electron chi connectivity index (χ4n) is 2.90. The number of fused-ring (bicyclic) bond motifs is 1. The molecule has 0 unspecified atom stereocenters. The van der Waals surface area contributed by atoms with Crippen molar-refractivity contribution in [3.63, 3.8) is 0 Å². The van der Waals surface area contributed by atoms with Crippen LogP contribution in [0.1, 0.15) is 22.3 Å². The van der Waals surface area contributed by atoms with E-state index in [-0.39, 0.29) is 18.0 Å². The molecule has 22 heavy (non-hydrogen) atoms. The van der Waals surface area contributed by atoms with Gasteiger partial charge in [0.2, 0.25) is 6.33 Å². The number of rotatable bonds is 2. The van der Waals surface area contributed by atoms with Crippen LogP contribution in [0.3, 0.4) is 0 Å². The number of hydrogen-bond donors (Lipinski definition) is 0. The number of H-pyrrole nitrogens is 1. The minimum atomic E-state index is 0. The van der Waals surface area contributed by atoms with Crippen LogP contribution in [0.2, 0.25) is 0 Å². The molecule has 114 valence electrons. The van der Waals surface area contributed by atoms with E-state index in [0.717, 1.165) is 10.9 Å². The van der Waals surface area contributed by atoms with Crippen LogP contribution in [0.15, 0.2) is 47.5 Å². The molecule has 3 nitrogen and oxygen atoms in total. The highest BCUT2D eigenvalue weighted by molar-refractivity contribution is 5.73. The van der Waals surface area contributed by atoms with E-state index in [2.05, 4.69) is 37.9 Å². The monoisotopic (exact) mass is 314 g/mol. The number of nitrogens with zero attached hydrogens (tertiary/aromatic N) is 1. The van der Waals surface area contributed by atoms with Crippen molar-refractivity contribution in [3.05, 3.63) is 75.3 Å². The molecule has 1 N–H and O–H groups in total. The molecule has 0 aliphatic rings. The van der Waals surface area contributed by atoms with Gasteiger partial charge in [-0.25, -0.2) is 9.78 Å². The first kappa shape index (κ1) is 16.2. The molecule has 0 fully saturated rings. The Morgan fingerprint density at radius 3 is 2.36 bits per heavy atom. The topological polar surface area (TPSA) is 36.1 Å².